The lowest BCUT2D eigenvalue weighted by atomic mass is 10.2. The third kappa shape index (κ3) is 7.33. The van der Waals surface area contributed by atoms with Crippen molar-refractivity contribution in [2.24, 2.45) is 0 Å². The van der Waals surface area contributed by atoms with Crippen molar-refractivity contribution in [2.75, 3.05) is 23.3 Å². The molecular formula is C28H22Cl4N2O5S. The van der Waals surface area contributed by atoms with E-state index in [4.69, 9.17) is 55.9 Å². The Bertz CT molecular complexity index is 1600. The molecule has 0 unspecified atom stereocenters. The number of nitrogens with zero attached hydrogens (tertiary/aromatic N) is 1. The Morgan fingerprint density at radius 3 is 2.12 bits per heavy atom. The zero-order valence-electron chi connectivity index (χ0n) is 20.9. The first-order valence-electron chi connectivity index (χ1n) is 11.7. The van der Waals surface area contributed by atoms with Crippen molar-refractivity contribution in [2.45, 2.75) is 11.5 Å². The number of amides is 1. The lowest BCUT2D eigenvalue weighted by molar-refractivity contribution is -0.114. The summed E-state index contributed by atoms with van der Waals surface area (Å²) in [6.07, 6.45) is 0. The van der Waals surface area contributed by atoms with Crippen LogP contribution in [0, 0.1) is 0 Å². The molecule has 4 aromatic carbocycles. The Morgan fingerprint density at radius 2 is 1.50 bits per heavy atom. The second-order valence-corrected chi connectivity index (χ2v) is 12.0. The number of anilines is 2. The van der Waals surface area contributed by atoms with Gasteiger partial charge in [0.25, 0.3) is 10.0 Å². The van der Waals surface area contributed by atoms with E-state index < -0.39 is 22.5 Å². The van der Waals surface area contributed by atoms with Crippen molar-refractivity contribution in [3.8, 4) is 11.5 Å². The Kier molecular flexibility index (Phi) is 9.71. The molecule has 0 atom stereocenters. The first kappa shape index (κ1) is 29.8. The number of hydrogen-bond acceptors (Lipinski definition) is 5. The summed E-state index contributed by atoms with van der Waals surface area (Å²) in [4.78, 5) is 13.1. The Labute approximate surface area is 252 Å². The molecule has 0 heterocycles. The van der Waals surface area contributed by atoms with Crippen molar-refractivity contribution in [3.05, 3.63) is 111 Å². The van der Waals surface area contributed by atoms with Gasteiger partial charge in [0.1, 0.15) is 24.7 Å². The number of sulfonamides is 1. The molecule has 0 spiro atoms. The molecule has 1 amide bonds. The number of benzene rings is 4. The zero-order chi connectivity index (χ0) is 28.9. The number of rotatable bonds is 10. The third-order valence-corrected chi connectivity index (χ3v) is 8.40. The van der Waals surface area contributed by atoms with Crippen LogP contribution in [0.5, 0.6) is 11.5 Å². The number of hydrogen-bond donors (Lipinski definition) is 1. The number of carbonyl (C=O) groups is 1. The van der Waals surface area contributed by atoms with Gasteiger partial charge in [-0.25, -0.2) is 8.42 Å². The maximum Gasteiger partial charge on any atom is 0.264 e. The number of carbonyl (C=O) groups excluding carboxylic acids is 1. The van der Waals surface area contributed by atoms with Crippen molar-refractivity contribution in [1.82, 2.24) is 0 Å². The van der Waals surface area contributed by atoms with Gasteiger partial charge in [0, 0.05) is 21.8 Å². The minimum Gasteiger partial charge on any atom is -0.497 e. The molecule has 0 aliphatic rings. The molecule has 0 fully saturated rings. The molecule has 208 valence electrons. The topological polar surface area (TPSA) is 84.9 Å². The summed E-state index contributed by atoms with van der Waals surface area (Å²) in [5.41, 5.74) is 1.15. The fraction of sp³-hybridized carbons (Fsp3) is 0.107. The van der Waals surface area contributed by atoms with Crippen LogP contribution in [-0.4, -0.2) is 28.0 Å². The van der Waals surface area contributed by atoms with Crippen LogP contribution in [0.2, 0.25) is 20.1 Å². The predicted octanol–water partition coefficient (Wildman–Crippen LogP) is 7.72. The van der Waals surface area contributed by atoms with E-state index in [9.17, 15) is 13.2 Å². The van der Waals surface area contributed by atoms with Crippen molar-refractivity contribution < 1.29 is 22.7 Å². The van der Waals surface area contributed by atoms with E-state index in [-0.39, 0.29) is 33.0 Å². The molecule has 4 aromatic rings. The molecular weight excluding hydrogens is 618 g/mol. The highest BCUT2D eigenvalue weighted by Gasteiger charge is 2.30. The Balaban J connectivity index is 1.72. The van der Waals surface area contributed by atoms with E-state index in [0.717, 1.165) is 9.87 Å². The van der Waals surface area contributed by atoms with Gasteiger partial charge in [0.15, 0.2) is 0 Å². The summed E-state index contributed by atoms with van der Waals surface area (Å²) < 4.78 is 39.7. The van der Waals surface area contributed by atoms with Crippen LogP contribution in [0.3, 0.4) is 0 Å². The van der Waals surface area contributed by atoms with Gasteiger partial charge in [-0.1, -0.05) is 76.7 Å². The Morgan fingerprint density at radius 1 is 0.850 bits per heavy atom. The fourth-order valence-electron chi connectivity index (χ4n) is 3.69. The Hall–Kier alpha value is -3.14. The first-order valence-corrected chi connectivity index (χ1v) is 14.6. The van der Waals surface area contributed by atoms with Gasteiger partial charge in [-0.15, -0.1) is 0 Å². The van der Waals surface area contributed by atoms with E-state index >= 15 is 0 Å². The highest BCUT2D eigenvalue weighted by molar-refractivity contribution is 7.92. The summed E-state index contributed by atoms with van der Waals surface area (Å²) in [5.74, 6) is -0.0303. The molecule has 0 saturated heterocycles. The van der Waals surface area contributed by atoms with Gasteiger partial charge in [0.05, 0.1) is 27.7 Å². The van der Waals surface area contributed by atoms with E-state index in [1.54, 1.807) is 0 Å². The van der Waals surface area contributed by atoms with E-state index in [2.05, 4.69) is 5.32 Å². The lowest BCUT2D eigenvalue weighted by Gasteiger charge is -2.26. The van der Waals surface area contributed by atoms with Crippen LogP contribution >= 0.6 is 46.4 Å². The quantitative estimate of drug-likeness (QED) is 0.192. The number of ether oxygens (including phenoxy) is 2. The fourth-order valence-corrected chi connectivity index (χ4v) is 6.23. The summed E-state index contributed by atoms with van der Waals surface area (Å²) in [6, 6.07) is 22.3. The molecule has 0 bridgehead atoms. The summed E-state index contributed by atoms with van der Waals surface area (Å²) in [6.45, 7) is -0.471. The molecule has 40 heavy (non-hydrogen) atoms. The number of nitrogens with one attached hydrogen (secondary N) is 1. The standard InChI is InChI=1S/C28H22Cl4N2O5S/c1-38-22-7-9-23(10-8-22)40(36,37)34(16-28(35)33-21-12-19(29)11-20(30)13-21)26-15-27(25(32)14-24(26)31)39-17-18-5-3-2-4-6-18/h2-15H,16-17H2,1H3,(H,33,35). The maximum atomic E-state index is 13.9. The molecule has 0 radical (unpaired) electrons. The minimum absolute atomic E-state index is 0.00672. The van der Waals surface area contributed by atoms with Gasteiger partial charge in [-0.3, -0.25) is 9.10 Å². The third-order valence-electron chi connectivity index (χ3n) is 5.59. The summed E-state index contributed by atoms with van der Waals surface area (Å²) in [7, 11) is -2.86. The SMILES string of the molecule is COc1ccc(S(=O)(=O)N(CC(=O)Nc2cc(Cl)cc(Cl)c2)c2cc(OCc3ccccc3)c(Cl)cc2Cl)cc1. The van der Waals surface area contributed by atoms with Crippen LogP contribution < -0.4 is 19.1 Å². The molecule has 4 rings (SSSR count). The number of halogens is 4. The van der Waals surface area contributed by atoms with Gasteiger partial charge < -0.3 is 14.8 Å². The zero-order valence-corrected chi connectivity index (χ0v) is 24.7. The van der Waals surface area contributed by atoms with E-state index in [0.29, 0.717) is 21.5 Å². The molecule has 1 N–H and O–H groups in total. The van der Waals surface area contributed by atoms with Crippen molar-refractivity contribution >= 4 is 73.7 Å². The van der Waals surface area contributed by atoms with Crippen LogP contribution in [-0.2, 0) is 21.4 Å². The average Bonchev–Trinajstić information content (AvgIpc) is 2.91. The average molecular weight is 640 g/mol. The minimum atomic E-state index is -4.32. The largest absolute Gasteiger partial charge is 0.497 e. The smallest absolute Gasteiger partial charge is 0.264 e. The monoisotopic (exact) mass is 638 g/mol. The van der Waals surface area contributed by atoms with Crippen molar-refractivity contribution in [1.29, 1.82) is 0 Å². The molecule has 0 aliphatic heterocycles. The van der Waals surface area contributed by atoms with Gasteiger partial charge in [-0.2, -0.15) is 0 Å². The number of methoxy groups -OCH3 is 1. The maximum absolute atomic E-state index is 13.9. The molecule has 0 aliphatic carbocycles. The molecule has 0 saturated carbocycles. The second kappa shape index (κ2) is 13.0. The van der Waals surface area contributed by atoms with E-state index in [1.165, 1.54) is 61.7 Å². The van der Waals surface area contributed by atoms with Crippen LogP contribution in [0.4, 0.5) is 11.4 Å². The van der Waals surface area contributed by atoms with Crippen LogP contribution in [0.1, 0.15) is 5.56 Å². The second-order valence-electron chi connectivity index (χ2n) is 8.40. The van der Waals surface area contributed by atoms with Crippen molar-refractivity contribution in [3.63, 3.8) is 0 Å². The molecule has 7 nitrogen and oxygen atoms in total. The van der Waals surface area contributed by atoms with Crippen LogP contribution in [0.15, 0.2) is 89.8 Å². The van der Waals surface area contributed by atoms with E-state index in [1.807, 2.05) is 30.3 Å². The van der Waals surface area contributed by atoms with Crippen LogP contribution in [0.25, 0.3) is 0 Å². The normalized spacial score (nSPS) is 11.1. The van der Waals surface area contributed by atoms with Gasteiger partial charge in [-0.05, 0) is 54.1 Å². The van der Waals surface area contributed by atoms with Gasteiger partial charge >= 0.3 is 0 Å². The highest BCUT2D eigenvalue weighted by atomic mass is 35.5. The lowest BCUT2D eigenvalue weighted by Crippen LogP contribution is -2.38. The summed E-state index contributed by atoms with van der Waals surface area (Å²) in [5, 5.41) is 3.38. The highest BCUT2D eigenvalue weighted by Crippen LogP contribution is 2.39. The first-order chi connectivity index (χ1) is 19.1. The molecule has 0 aromatic heterocycles. The molecule has 12 heteroatoms. The summed E-state index contributed by atoms with van der Waals surface area (Å²) >= 11 is 25.0. The van der Waals surface area contributed by atoms with Gasteiger partial charge in [0.2, 0.25) is 5.91 Å². The predicted molar refractivity (Wildman–Crippen MR) is 160 cm³/mol.